The van der Waals surface area contributed by atoms with Gasteiger partial charge in [0.2, 0.25) is 0 Å². The van der Waals surface area contributed by atoms with Crippen molar-refractivity contribution in [1.82, 2.24) is 5.32 Å². The number of carbonyl (C=O) groups is 2. The van der Waals surface area contributed by atoms with Gasteiger partial charge in [-0.25, -0.2) is 0 Å². The average Bonchev–Trinajstić information content (AvgIpc) is 2.95. The van der Waals surface area contributed by atoms with Gasteiger partial charge in [0.25, 0.3) is 11.8 Å². The van der Waals surface area contributed by atoms with Crippen LogP contribution in [0.15, 0.2) is 103 Å². The SMILES string of the molecule is CCCCOc1ccc(C(=O)NC(=S)Nc2ccccc2C(=O)Nc2ccc(Nc3ccccc3)cc2)cc1. The first-order chi connectivity index (χ1) is 19.0. The van der Waals surface area contributed by atoms with Crippen molar-refractivity contribution >= 4 is 51.9 Å². The van der Waals surface area contributed by atoms with Crippen LogP contribution in [0.2, 0.25) is 0 Å². The van der Waals surface area contributed by atoms with E-state index in [1.807, 2.05) is 54.6 Å². The monoisotopic (exact) mass is 538 g/mol. The van der Waals surface area contributed by atoms with Crippen molar-refractivity contribution < 1.29 is 14.3 Å². The second-order valence-electron chi connectivity index (χ2n) is 8.70. The number of amides is 2. The summed E-state index contributed by atoms with van der Waals surface area (Å²) >= 11 is 5.35. The number of thiocarbonyl (C=S) groups is 1. The van der Waals surface area contributed by atoms with Gasteiger partial charge in [0, 0.05) is 22.6 Å². The summed E-state index contributed by atoms with van der Waals surface area (Å²) in [6, 6.07) is 31.1. The Balaban J connectivity index is 1.33. The van der Waals surface area contributed by atoms with Crippen LogP contribution in [-0.2, 0) is 0 Å². The molecule has 4 aromatic carbocycles. The van der Waals surface area contributed by atoms with E-state index in [-0.39, 0.29) is 16.9 Å². The molecule has 0 aromatic heterocycles. The van der Waals surface area contributed by atoms with E-state index in [2.05, 4.69) is 28.2 Å². The molecule has 0 heterocycles. The standard InChI is InChI=1S/C31H30N4O3S/c1-2-3-21-38-26-19-13-22(14-20-26)29(36)35-31(39)34-28-12-8-7-11-27(28)30(37)33-25-17-15-24(16-18-25)32-23-9-5-4-6-10-23/h4-20,32H,2-3,21H2,1H3,(H,33,37)(H2,34,35,36,39). The van der Waals surface area contributed by atoms with Gasteiger partial charge < -0.3 is 20.7 Å². The zero-order valence-corrected chi connectivity index (χ0v) is 22.4. The lowest BCUT2D eigenvalue weighted by molar-refractivity contribution is 0.0976. The van der Waals surface area contributed by atoms with Crippen LogP contribution in [0.4, 0.5) is 22.7 Å². The first-order valence-electron chi connectivity index (χ1n) is 12.7. The summed E-state index contributed by atoms with van der Waals surface area (Å²) in [7, 11) is 0. The summed E-state index contributed by atoms with van der Waals surface area (Å²) in [5.41, 5.74) is 3.83. The molecule has 7 nitrogen and oxygen atoms in total. The third-order valence-electron chi connectivity index (χ3n) is 5.74. The third kappa shape index (κ3) is 8.15. The first kappa shape index (κ1) is 27.3. The van der Waals surface area contributed by atoms with Crippen LogP contribution < -0.4 is 26.0 Å². The molecule has 4 rings (SSSR count). The molecule has 4 aromatic rings. The van der Waals surface area contributed by atoms with Crippen LogP contribution in [0, 0.1) is 0 Å². The Bertz CT molecular complexity index is 1410. The lowest BCUT2D eigenvalue weighted by Crippen LogP contribution is -2.34. The van der Waals surface area contributed by atoms with Crippen molar-refractivity contribution in [3.05, 3.63) is 114 Å². The molecule has 0 aliphatic rings. The number of anilines is 4. The van der Waals surface area contributed by atoms with E-state index in [1.165, 1.54) is 0 Å². The van der Waals surface area contributed by atoms with E-state index in [1.54, 1.807) is 48.5 Å². The van der Waals surface area contributed by atoms with Gasteiger partial charge in [-0.1, -0.05) is 43.7 Å². The van der Waals surface area contributed by atoms with E-state index in [0.29, 0.717) is 34.9 Å². The summed E-state index contributed by atoms with van der Waals surface area (Å²) in [5, 5.41) is 11.9. The highest BCUT2D eigenvalue weighted by Gasteiger charge is 2.14. The van der Waals surface area contributed by atoms with Gasteiger partial charge in [-0.15, -0.1) is 0 Å². The Kier molecular flexibility index (Phi) is 9.63. The molecule has 0 unspecified atom stereocenters. The lowest BCUT2D eigenvalue weighted by atomic mass is 10.1. The van der Waals surface area contributed by atoms with Crippen molar-refractivity contribution in [2.24, 2.45) is 0 Å². The normalized spacial score (nSPS) is 10.3. The molecule has 0 aliphatic heterocycles. The number of ether oxygens (including phenoxy) is 1. The molecule has 2 amide bonds. The second kappa shape index (κ2) is 13.7. The van der Waals surface area contributed by atoms with Gasteiger partial charge in [0.05, 0.1) is 17.9 Å². The zero-order chi connectivity index (χ0) is 27.5. The van der Waals surface area contributed by atoms with Gasteiger partial charge in [-0.05, 0) is 91.4 Å². The fraction of sp³-hybridized carbons (Fsp3) is 0.129. The second-order valence-corrected chi connectivity index (χ2v) is 9.11. The number of nitrogens with one attached hydrogen (secondary N) is 4. The van der Waals surface area contributed by atoms with Crippen LogP contribution in [0.25, 0.3) is 0 Å². The number of hydrogen-bond acceptors (Lipinski definition) is 5. The summed E-state index contributed by atoms with van der Waals surface area (Å²) < 4.78 is 5.64. The summed E-state index contributed by atoms with van der Waals surface area (Å²) in [4.78, 5) is 25.7. The van der Waals surface area contributed by atoms with Gasteiger partial charge in [0.15, 0.2) is 5.11 Å². The number of carbonyl (C=O) groups excluding carboxylic acids is 2. The van der Waals surface area contributed by atoms with Crippen molar-refractivity contribution in [3.8, 4) is 5.75 Å². The number of unbranched alkanes of at least 4 members (excludes halogenated alkanes) is 1. The minimum absolute atomic E-state index is 0.0832. The quantitative estimate of drug-likeness (QED) is 0.129. The lowest BCUT2D eigenvalue weighted by Gasteiger charge is -2.14. The largest absolute Gasteiger partial charge is 0.494 e. The zero-order valence-electron chi connectivity index (χ0n) is 21.6. The van der Waals surface area contributed by atoms with Gasteiger partial charge in [-0.2, -0.15) is 0 Å². The molecule has 0 radical (unpaired) electrons. The van der Waals surface area contributed by atoms with E-state index in [9.17, 15) is 9.59 Å². The molecule has 0 spiro atoms. The Morgan fingerprint density at radius 2 is 1.36 bits per heavy atom. The smallest absolute Gasteiger partial charge is 0.257 e. The highest BCUT2D eigenvalue weighted by atomic mass is 32.1. The third-order valence-corrected chi connectivity index (χ3v) is 5.94. The number of benzene rings is 4. The predicted molar refractivity (Wildman–Crippen MR) is 161 cm³/mol. The Labute approximate surface area is 233 Å². The molecule has 0 atom stereocenters. The molecule has 0 fully saturated rings. The Hall–Kier alpha value is -4.69. The first-order valence-corrected chi connectivity index (χ1v) is 13.1. The van der Waals surface area contributed by atoms with Crippen LogP contribution in [0.3, 0.4) is 0 Å². The fourth-order valence-electron chi connectivity index (χ4n) is 3.68. The Morgan fingerprint density at radius 3 is 2.08 bits per heavy atom. The fourth-order valence-corrected chi connectivity index (χ4v) is 3.88. The molecule has 4 N–H and O–H groups in total. The van der Waals surface area contributed by atoms with Crippen LogP contribution in [-0.4, -0.2) is 23.5 Å². The van der Waals surface area contributed by atoms with Crippen LogP contribution in [0.5, 0.6) is 5.75 Å². The maximum atomic E-state index is 13.1. The van der Waals surface area contributed by atoms with Gasteiger partial charge >= 0.3 is 0 Å². The maximum Gasteiger partial charge on any atom is 0.257 e. The van der Waals surface area contributed by atoms with Gasteiger partial charge in [-0.3, -0.25) is 14.9 Å². The van der Waals surface area contributed by atoms with Crippen molar-refractivity contribution in [2.45, 2.75) is 19.8 Å². The molecule has 0 saturated heterocycles. The number of hydrogen-bond donors (Lipinski definition) is 4. The predicted octanol–water partition coefficient (Wildman–Crippen LogP) is 6.99. The summed E-state index contributed by atoms with van der Waals surface area (Å²) in [6.07, 6.45) is 2.02. The van der Waals surface area contributed by atoms with Crippen LogP contribution >= 0.6 is 12.2 Å². The molecule has 8 heteroatoms. The van der Waals surface area contributed by atoms with E-state index < -0.39 is 0 Å². The highest BCUT2D eigenvalue weighted by molar-refractivity contribution is 7.80. The van der Waals surface area contributed by atoms with E-state index >= 15 is 0 Å². The minimum Gasteiger partial charge on any atom is -0.494 e. The molecular weight excluding hydrogens is 508 g/mol. The number of rotatable bonds is 10. The molecule has 0 bridgehead atoms. The van der Waals surface area contributed by atoms with Crippen LogP contribution in [0.1, 0.15) is 40.5 Å². The summed E-state index contributed by atoms with van der Waals surface area (Å²) in [6.45, 7) is 2.74. The molecule has 198 valence electrons. The van der Waals surface area contributed by atoms with Crippen molar-refractivity contribution in [2.75, 3.05) is 22.6 Å². The summed E-state index contributed by atoms with van der Waals surface area (Å²) in [5.74, 6) is 0.0381. The van der Waals surface area contributed by atoms with Crippen molar-refractivity contribution in [1.29, 1.82) is 0 Å². The van der Waals surface area contributed by atoms with E-state index in [4.69, 9.17) is 17.0 Å². The van der Waals surface area contributed by atoms with E-state index in [0.717, 1.165) is 24.2 Å². The topological polar surface area (TPSA) is 91.5 Å². The Morgan fingerprint density at radius 1 is 0.718 bits per heavy atom. The molecule has 0 aliphatic carbocycles. The highest BCUT2D eigenvalue weighted by Crippen LogP contribution is 2.21. The van der Waals surface area contributed by atoms with Crippen molar-refractivity contribution in [3.63, 3.8) is 0 Å². The molecule has 0 saturated carbocycles. The maximum absolute atomic E-state index is 13.1. The minimum atomic E-state index is -0.362. The number of para-hydroxylation sites is 2. The van der Waals surface area contributed by atoms with Gasteiger partial charge in [0.1, 0.15) is 5.75 Å². The average molecular weight is 539 g/mol. The molecular formula is C31H30N4O3S. The molecule has 39 heavy (non-hydrogen) atoms.